The summed E-state index contributed by atoms with van der Waals surface area (Å²) in [5.74, 6) is -1.13. The van der Waals surface area contributed by atoms with E-state index in [9.17, 15) is 14.9 Å². The molecule has 0 atom stereocenters. The number of rotatable bonds is 5. The smallest absolute Gasteiger partial charge is 0.335 e. The zero-order valence-electron chi connectivity index (χ0n) is 11.7. The fourth-order valence-corrected chi connectivity index (χ4v) is 2.09. The van der Waals surface area contributed by atoms with Gasteiger partial charge in [-0.15, -0.1) is 0 Å². The Morgan fingerprint density at radius 2 is 2.05 bits per heavy atom. The average molecular weight is 289 g/mol. The first-order valence-electron chi connectivity index (χ1n) is 6.57. The molecule has 0 spiro atoms. The lowest BCUT2D eigenvalue weighted by Crippen LogP contribution is -2.07. The highest BCUT2D eigenvalue weighted by Gasteiger charge is 2.20. The molecule has 0 aliphatic heterocycles. The largest absolute Gasteiger partial charge is 0.478 e. The van der Waals surface area contributed by atoms with Gasteiger partial charge in [0.15, 0.2) is 0 Å². The van der Waals surface area contributed by atoms with E-state index < -0.39 is 10.9 Å². The van der Waals surface area contributed by atoms with Crippen molar-refractivity contribution in [3.05, 3.63) is 51.3 Å². The Hall–Kier alpha value is -2.70. The van der Waals surface area contributed by atoms with Crippen LogP contribution in [0.15, 0.2) is 24.3 Å². The standard InChI is InChI=1S/C14H15N3O4/c1-3-10-8-11(4-2)16(15-10)13-7-9(14(18)19)5-6-12(13)17(20)21/h5-8H,3-4H2,1-2H3,(H,18,19). The summed E-state index contributed by atoms with van der Waals surface area (Å²) in [5.41, 5.74) is 1.61. The Kier molecular flexibility index (Phi) is 4.02. The van der Waals surface area contributed by atoms with E-state index in [1.54, 1.807) is 0 Å². The maximum absolute atomic E-state index is 11.2. The molecule has 0 aliphatic rings. The van der Waals surface area contributed by atoms with Crippen molar-refractivity contribution in [2.75, 3.05) is 0 Å². The predicted molar refractivity (Wildman–Crippen MR) is 75.9 cm³/mol. The fraction of sp³-hybridized carbons (Fsp3) is 0.286. The van der Waals surface area contributed by atoms with Crippen molar-refractivity contribution in [2.45, 2.75) is 26.7 Å². The van der Waals surface area contributed by atoms with E-state index in [-0.39, 0.29) is 16.9 Å². The Morgan fingerprint density at radius 1 is 1.33 bits per heavy atom. The number of carboxylic acids is 1. The van der Waals surface area contributed by atoms with E-state index in [0.29, 0.717) is 12.8 Å². The van der Waals surface area contributed by atoms with Gasteiger partial charge in [-0.1, -0.05) is 13.8 Å². The number of carboxylic acid groups (broad SMARTS) is 1. The number of aromatic nitrogens is 2. The lowest BCUT2D eigenvalue weighted by atomic mass is 10.1. The molecular formula is C14H15N3O4. The Bertz CT molecular complexity index is 706. The van der Waals surface area contributed by atoms with Gasteiger partial charge in [0, 0.05) is 11.8 Å². The minimum absolute atomic E-state index is 0.00815. The van der Waals surface area contributed by atoms with E-state index in [1.165, 1.54) is 22.9 Å². The number of benzene rings is 1. The third kappa shape index (κ3) is 2.76. The van der Waals surface area contributed by atoms with Crippen molar-refractivity contribution < 1.29 is 14.8 Å². The van der Waals surface area contributed by atoms with Crippen molar-refractivity contribution in [2.24, 2.45) is 0 Å². The number of aromatic carboxylic acids is 1. The molecule has 1 aromatic heterocycles. The van der Waals surface area contributed by atoms with Crippen molar-refractivity contribution in [3.63, 3.8) is 0 Å². The van der Waals surface area contributed by atoms with Crippen LogP contribution in [0, 0.1) is 10.1 Å². The number of nitrogens with zero attached hydrogens (tertiary/aromatic N) is 3. The summed E-state index contributed by atoms with van der Waals surface area (Å²) in [6.07, 6.45) is 1.34. The summed E-state index contributed by atoms with van der Waals surface area (Å²) in [7, 11) is 0. The number of aryl methyl sites for hydroxylation is 2. The molecule has 2 aromatic rings. The van der Waals surface area contributed by atoms with Gasteiger partial charge in [0.1, 0.15) is 5.69 Å². The number of nitro benzene ring substituents is 1. The molecule has 0 amide bonds. The Balaban J connectivity index is 2.70. The maximum atomic E-state index is 11.2. The highest BCUT2D eigenvalue weighted by molar-refractivity contribution is 5.89. The first kappa shape index (κ1) is 14.7. The summed E-state index contributed by atoms with van der Waals surface area (Å²) >= 11 is 0. The van der Waals surface area contributed by atoms with E-state index in [0.717, 1.165) is 11.4 Å². The van der Waals surface area contributed by atoms with Crippen LogP contribution in [0.4, 0.5) is 5.69 Å². The highest BCUT2D eigenvalue weighted by Crippen LogP contribution is 2.26. The summed E-state index contributed by atoms with van der Waals surface area (Å²) in [4.78, 5) is 21.7. The second-order valence-corrected chi connectivity index (χ2v) is 4.51. The molecule has 2 rings (SSSR count). The van der Waals surface area contributed by atoms with Crippen molar-refractivity contribution in [1.82, 2.24) is 9.78 Å². The molecule has 1 heterocycles. The summed E-state index contributed by atoms with van der Waals surface area (Å²) in [6, 6.07) is 5.58. The summed E-state index contributed by atoms with van der Waals surface area (Å²) < 4.78 is 1.46. The first-order valence-corrected chi connectivity index (χ1v) is 6.57. The minimum atomic E-state index is -1.13. The molecule has 0 unspecified atom stereocenters. The number of nitro groups is 1. The van der Waals surface area contributed by atoms with Gasteiger partial charge in [0.2, 0.25) is 0 Å². The number of hydrogen-bond acceptors (Lipinski definition) is 4. The lowest BCUT2D eigenvalue weighted by Gasteiger charge is -2.07. The van der Waals surface area contributed by atoms with E-state index in [1.807, 2.05) is 19.9 Å². The normalized spacial score (nSPS) is 10.6. The highest BCUT2D eigenvalue weighted by atomic mass is 16.6. The van der Waals surface area contributed by atoms with Crippen LogP contribution in [0.2, 0.25) is 0 Å². The number of hydrogen-bond donors (Lipinski definition) is 1. The molecule has 110 valence electrons. The zero-order valence-corrected chi connectivity index (χ0v) is 11.7. The zero-order chi connectivity index (χ0) is 15.6. The second-order valence-electron chi connectivity index (χ2n) is 4.51. The molecule has 0 fully saturated rings. The summed E-state index contributed by atoms with van der Waals surface area (Å²) in [5, 5.41) is 24.6. The van der Waals surface area contributed by atoms with E-state index in [4.69, 9.17) is 5.11 Å². The van der Waals surface area contributed by atoms with Crippen LogP contribution < -0.4 is 0 Å². The quantitative estimate of drug-likeness (QED) is 0.673. The average Bonchev–Trinajstić information content (AvgIpc) is 2.89. The Labute approximate surface area is 121 Å². The van der Waals surface area contributed by atoms with Gasteiger partial charge >= 0.3 is 5.97 Å². The minimum Gasteiger partial charge on any atom is -0.478 e. The van der Waals surface area contributed by atoms with Gasteiger partial charge in [0.25, 0.3) is 5.69 Å². The third-order valence-corrected chi connectivity index (χ3v) is 3.21. The molecule has 1 aromatic carbocycles. The molecule has 7 nitrogen and oxygen atoms in total. The lowest BCUT2D eigenvalue weighted by molar-refractivity contribution is -0.384. The molecule has 0 bridgehead atoms. The first-order chi connectivity index (χ1) is 9.97. The number of carbonyl (C=O) groups is 1. The van der Waals surface area contributed by atoms with Crippen LogP contribution in [0.25, 0.3) is 5.69 Å². The molecule has 0 radical (unpaired) electrons. The van der Waals surface area contributed by atoms with Gasteiger partial charge in [-0.2, -0.15) is 5.10 Å². The molecule has 0 aliphatic carbocycles. The molecular weight excluding hydrogens is 274 g/mol. The summed E-state index contributed by atoms with van der Waals surface area (Å²) in [6.45, 7) is 3.86. The van der Waals surface area contributed by atoms with Gasteiger partial charge in [-0.3, -0.25) is 10.1 Å². The fourth-order valence-electron chi connectivity index (χ4n) is 2.09. The van der Waals surface area contributed by atoms with Crippen molar-refractivity contribution in [1.29, 1.82) is 0 Å². The third-order valence-electron chi connectivity index (χ3n) is 3.21. The van der Waals surface area contributed by atoms with Gasteiger partial charge < -0.3 is 5.11 Å². The van der Waals surface area contributed by atoms with Gasteiger partial charge in [0.05, 0.1) is 16.2 Å². The SMILES string of the molecule is CCc1cc(CC)n(-c2cc(C(=O)O)ccc2[N+](=O)[O-])n1. The maximum Gasteiger partial charge on any atom is 0.335 e. The molecule has 0 saturated heterocycles. The van der Waals surface area contributed by atoms with Gasteiger partial charge in [-0.25, -0.2) is 9.48 Å². The van der Waals surface area contributed by atoms with Crippen LogP contribution in [0.5, 0.6) is 0 Å². The second kappa shape index (κ2) is 5.74. The molecule has 21 heavy (non-hydrogen) atoms. The van der Waals surface area contributed by atoms with Crippen LogP contribution in [-0.4, -0.2) is 25.8 Å². The van der Waals surface area contributed by atoms with Gasteiger partial charge in [-0.05, 0) is 31.0 Å². The predicted octanol–water partition coefficient (Wildman–Crippen LogP) is 2.60. The van der Waals surface area contributed by atoms with Crippen molar-refractivity contribution in [3.8, 4) is 5.69 Å². The van der Waals surface area contributed by atoms with Crippen LogP contribution in [-0.2, 0) is 12.8 Å². The monoisotopic (exact) mass is 289 g/mol. The van der Waals surface area contributed by atoms with Crippen molar-refractivity contribution >= 4 is 11.7 Å². The molecule has 0 saturated carbocycles. The van der Waals surface area contributed by atoms with Crippen LogP contribution >= 0.6 is 0 Å². The molecule has 7 heteroatoms. The molecule has 1 N–H and O–H groups in total. The van der Waals surface area contributed by atoms with E-state index >= 15 is 0 Å². The Morgan fingerprint density at radius 3 is 2.57 bits per heavy atom. The van der Waals surface area contributed by atoms with Crippen LogP contribution in [0.3, 0.4) is 0 Å². The topological polar surface area (TPSA) is 98.3 Å². The van der Waals surface area contributed by atoms with E-state index in [2.05, 4.69) is 5.10 Å². The van der Waals surface area contributed by atoms with Crippen LogP contribution in [0.1, 0.15) is 35.6 Å².